The first-order valence-electron chi connectivity index (χ1n) is 15.5. The van der Waals surface area contributed by atoms with Gasteiger partial charge in [-0.15, -0.1) is 0 Å². The number of carbonyl (C=O) groups excluding carboxylic acids is 2. The van der Waals surface area contributed by atoms with E-state index >= 15 is 0 Å². The number of hydrogen-bond donors (Lipinski definition) is 3. The minimum Gasteiger partial charge on any atom is -0.387 e. The van der Waals surface area contributed by atoms with Gasteiger partial charge in [0.2, 0.25) is 5.91 Å². The molecule has 2 aliphatic rings. The Morgan fingerprint density at radius 3 is 2.15 bits per heavy atom. The molecule has 3 unspecified atom stereocenters. The normalized spacial score (nSPS) is 21.2. The van der Waals surface area contributed by atoms with E-state index in [2.05, 4.69) is 10.6 Å². The van der Waals surface area contributed by atoms with Crippen LogP contribution in [0.3, 0.4) is 0 Å². The first kappa shape index (κ1) is 33.3. The van der Waals surface area contributed by atoms with Crippen molar-refractivity contribution < 1.29 is 27.9 Å². The van der Waals surface area contributed by atoms with Gasteiger partial charge in [-0.05, 0) is 49.4 Å². The van der Waals surface area contributed by atoms with Crippen molar-refractivity contribution in [2.45, 2.75) is 69.0 Å². The van der Waals surface area contributed by atoms with E-state index in [0.717, 1.165) is 9.87 Å². The predicted octanol–water partition coefficient (Wildman–Crippen LogP) is 3.36. The molecule has 5 rings (SSSR count). The molecule has 0 aromatic heterocycles. The third-order valence-corrected chi connectivity index (χ3v) is 9.93. The van der Waals surface area contributed by atoms with Gasteiger partial charge in [-0.1, -0.05) is 92.7 Å². The molecule has 10 nitrogen and oxygen atoms in total. The van der Waals surface area contributed by atoms with Crippen molar-refractivity contribution in [3.8, 4) is 0 Å². The van der Waals surface area contributed by atoms with Crippen LogP contribution in [0.15, 0.2) is 102 Å². The van der Waals surface area contributed by atoms with E-state index in [9.17, 15) is 23.1 Å². The van der Waals surface area contributed by atoms with E-state index in [-0.39, 0.29) is 22.7 Å². The second kappa shape index (κ2) is 13.8. The molecular formula is C35H42N4O6S. The first-order chi connectivity index (χ1) is 21.9. The molecule has 2 aliphatic heterocycles. The van der Waals surface area contributed by atoms with Crippen LogP contribution in [0.5, 0.6) is 0 Å². The van der Waals surface area contributed by atoms with Crippen molar-refractivity contribution >= 4 is 27.5 Å². The largest absolute Gasteiger partial charge is 0.387 e. The molecule has 3 aromatic rings. The van der Waals surface area contributed by atoms with Crippen LogP contribution in [0, 0.1) is 5.92 Å². The fourth-order valence-corrected chi connectivity index (χ4v) is 7.47. The van der Waals surface area contributed by atoms with Crippen LogP contribution in [-0.4, -0.2) is 77.6 Å². The molecule has 1 fully saturated rings. The molecule has 2 heterocycles. The Morgan fingerprint density at radius 1 is 1.00 bits per heavy atom. The van der Waals surface area contributed by atoms with Gasteiger partial charge in [-0.3, -0.25) is 24.1 Å². The zero-order valence-corrected chi connectivity index (χ0v) is 27.4. The highest BCUT2D eigenvalue weighted by Crippen LogP contribution is 2.33. The van der Waals surface area contributed by atoms with E-state index < -0.39 is 52.2 Å². The molecular weight excluding hydrogens is 604 g/mol. The lowest BCUT2D eigenvalue weighted by molar-refractivity contribution is -0.138. The number of nitrogens with one attached hydrogen (secondary N) is 2. The van der Waals surface area contributed by atoms with Crippen molar-refractivity contribution in [2.75, 3.05) is 13.2 Å². The lowest BCUT2D eigenvalue weighted by atomic mass is 9.98. The molecule has 46 heavy (non-hydrogen) atoms. The molecule has 244 valence electrons. The Morgan fingerprint density at radius 2 is 1.59 bits per heavy atom. The number of carbonyl (C=O) groups is 2. The molecule has 0 spiro atoms. The fourth-order valence-electron chi connectivity index (χ4n) is 5.85. The molecule has 11 heteroatoms. The number of amides is 2. The SMILES string of the molecule is CC(C)C1C(=O)N(CC(=O)N[C@@H](Cc2ccccc2)C(O)C2NC(C)(C)CO2)C(c2ccccc2)=CN1S(=O)(=O)c1ccccc1. The number of benzene rings is 3. The highest BCUT2D eigenvalue weighted by Gasteiger charge is 2.44. The second-order valence-electron chi connectivity index (χ2n) is 12.8. The quantitative estimate of drug-likeness (QED) is 0.292. The zero-order chi connectivity index (χ0) is 33.1. The number of aliphatic hydroxyl groups excluding tert-OH is 1. The third kappa shape index (κ3) is 7.33. The van der Waals surface area contributed by atoms with E-state index in [0.29, 0.717) is 18.6 Å². The molecule has 4 atom stereocenters. The molecule has 0 bridgehead atoms. The van der Waals surface area contributed by atoms with E-state index in [1.165, 1.54) is 23.2 Å². The number of nitrogens with zero attached hydrogens (tertiary/aromatic N) is 2. The van der Waals surface area contributed by atoms with Gasteiger partial charge in [0.05, 0.1) is 23.2 Å². The summed E-state index contributed by atoms with van der Waals surface area (Å²) in [6.45, 7) is 7.50. The summed E-state index contributed by atoms with van der Waals surface area (Å²) in [5.74, 6) is -1.44. The highest BCUT2D eigenvalue weighted by molar-refractivity contribution is 7.89. The number of rotatable bonds is 11. The Kier molecular flexibility index (Phi) is 9.97. The standard InChI is InChI=1S/C35H42N4O6S/c1-24(2)31-34(42)38(29(26-16-10-6-11-17-26)21-39(31)46(43,44)27-18-12-7-13-19-27)22-30(40)36-28(20-25-14-8-5-9-15-25)32(41)33-37-35(3,4)23-45-33/h5-19,21,24,28,31-33,37,41H,20,22-23H2,1-4H3,(H,36,40)/t28-,31?,32?,33?/m0/s1. The van der Waals surface area contributed by atoms with E-state index in [4.69, 9.17) is 4.74 Å². The fraction of sp³-hybridized carbons (Fsp3) is 0.371. The average Bonchev–Trinajstić information content (AvgIpc) is 3.41. The Balaban J connectivity index is 1.48. The number of aliphatic hydroxyl groups is 1. The van der Waals surface area contributed by atoms with Crippen LogP contribution in [0.1, 0.15) is 38.8 Å². The molecule has 0 radical (unpaired) electrons. The highest BCUT2D eigenvalue weighted by atomic mass is 32.2. The van der Waals surface area contributed by atoms with Gasteiger partial charge >= 0.3 is 0 Å². The monoisotopic (exact) mass is 646 g/mol. The van der Waals surface area contributed by atoms with Gasteiger partial charge in [0.15, 0.2) is 0 Å². The maximum absolute atomic E-state index is 14.3. The predicted molar refractivity (Wildman–Crippen MR) is 175 cm³/mol. The summed E-state index contributed by atoms with van der Waals surface area (Å²) in [6.07, 6.45) is -0.0291. The topological polar surface area (TPSA) is 128 Å². The maximum Gasteiger partial charge on any atom is 0.264 e. The van der Waals surface area contributed by atoms with Crippen molar-refractivity contribution in [1.29, 1.82) is 0 Å². The average molecular weight is 647 g/mol. The van der Waals surface area contributed by atoms with Crippen LogP contribution in [0.25, 0.3) is 5.70 Å². The Hall–Kier alpha value is -4.03. The van der Waals surface area contributed by atoms with Gasteiger partial charge in [-0.25, -0.2) is 8.42 Å². The maximum atomic E-state index is 14.3. The van der Waals surface area contributed by atoms with Gasteiger partial charge in [-0.2, -0.15) is 0 Å². The summed E-state index contributed by atoms with van der Waals surface area (Å²) in [5, 5.41) is 17.7. The van der Waals surface area contributed by atoms with Crippen LogP contribution in [-0.2, 0) is 30.8 Å². The smallest absolute Gasteiger partial charge is 0.264 e. The van der Waals surface area contributed by atoms with Gasteiger partial charge in [0.1, 0.15) is 24.9 Å². The third-order valence-electron chi connectivity index (χ3n) is 8.18. The molecule has 3 N–H and O–H groups in total. The molecule has 2 amide bonds. The number of hydrogen-bond acceptors (Lipinski definition) is 7. The van der Waals surface area contributed by atoms with Crippen molar-refractivity contribution in [2.24, 2.45) is 5.92 Å². The van der Waals surface area contributed by atoms with Crippen molar-refractivity contribution in [3.05, 3.63) is 108 Å². The molecule has 0 aliphatic carbocycles. The first-order valence-corrected chi connectivity index (χ1v) is 16.9. The summed E-state index contributed by atoms with van der Waals surface area (Å²) < 4.78 is 34.8. The van der Waals surface area contributed by atoms with Crippen LogP contribution in [0.4, 0.5) is 0 Å². The minimum atomic E-state index is -4.11. The van der Waals surface area contributed by atoms with Crippen molar-refractivity contribution in [3.63, 3.8) is 0 Å². The number of sulfonamides is 1. The van der Waals surface area contributed by atoms with Crippen LogP contribution in [0.2, 0.25) is 0 Å². The van der Waals surface area contributed by atoms with Gasteiger partial charge in [0, 0.05) is 11.7 Å². The van der Waals surface area contributed by atoms with E-state index in [1.807, 2.05) is 50.2 Å². The second-order valence-corrected chi connectivity index (χ2v) is 14.6. The summed E-state index contributed by atoms with van der Waals surface area (Å²) in [6, 6.07) is 24.6. The number of ether oxygens (including phenoxy) is 1. The summed E-state index contributed by atoms with van der Waals surface area (Å²) in [4.78, 5) is 29.5. The molecule has 0 saturated carbocycles. The Labute approximate surface area is 271 Å². The van der Waals surface area contributed by atoms with Gasteiger partial charge < -0.3 is 15.2 Å². The summed E-state index contributed by atoms with van der Waals surface area (Å²) in [7, 11) is -4.11. The summed E-state index contributed by atoms with van der Waals surface area (Å²) in [5.41, 5.74) is 1.41. The van der Waals surface area contributed by atoms with Crippen LogP contribution < -0.4 is 10.6 Å². The lowest BCUT2D eigenvalue weighted by Gasteiger charge is -2.41. The lowest BCUT2D eigenvalue weighted by Crippen LogP contribution is -2.58. The Bertz CT molecular complexity index is 1650. The summed E-state index contributed by atoms with van der Waals surface area (Å²) >= 11 is 0. The molecule has 3 aromatic carbocycles. The zero-order valence-electron chi connectivity index (χ0n) is 26.5. The molecule has 1 saturated heterocycles. The minimum absolute atomic E-state index is 0.0620. The van der Waals surface area contributed by atoms with Crippen molar-refractivity contribution in [1.82, 2.24) is 19.8 Å². The van der Waals surface area contributed by atoms with E-state index in [1.54, 1.807) is 56.3 Å². The van der Waals surface area contributed by atoms with Gasteiger partial charge in [0.25, 0.3) is 15.9 Å². The van der Waals surface area contributed by atoms with Crippen LogP contribution >= 0.6 is 0 Å².